The minimum Gasteiger partial charge on any atom is -0.493 e. The largest absolute Gasteiger partial charge is 0.493 e. The summed E-state index contributed by atoms with van der Waals surface area (Å²) in [6.45, 7) is 1.58. The molecule has 0 amide bonds. The Labute approximate surface area is 108 Å². The van der Waals surface area contributed by atoms with Crippen LogP contribution in [0.2, 0.25) is 0 Å². The predicted octanol–water partition coefficient (Wildman–Crippen LogP) is 2.61. The number of fused-ring (bicyclic) bond motifs is 1. The molecule has 0 aromatic heterocycles. The second-order valence-electron chi connectivity index (χ2n) is 5.17. The van der Waals surface area contributed by atoms with E-state index < -0.39 is 6.10 Å². The Morgan fingerprint density at radius 1 is 1.17 bits per heavy atom. The van der Waals surface area contributed by atoms with Crippen LogP contribution in [0, 0.1) is 0 Å². The number of hydrogen-bond acceptors (Lipinski definition) is 3. The summed E-state index contributed by atoms with van der Waals surface area (Å²) < 4.78 is 11.2. The van der Waals surface area contributed by atoms with Crippen molar-refractivity contribution in [2.45, 2.75) is 44.3 Å². The fourth-order valence-electron chi connectivity index (χ4n) is 2.79. The summed E-state index contributed by atoms with van der Waals surface area (Å²) in [5, 5.41) is 10.4. The second kappa shape index (κ2) is 5.29. The lowest BCUT2D eigenvalue weighted by Crippen LogP contribution is -2.26. The van der Waals surface area contributed by atoms with Crippen molar-refractivity contribution in [3.63, 3.8) is 0 Å². The van der Waals surface area contributed by atoms with Crippen LogP contribution in [0.4, 0.5) is 0 Å². The number of ether oxygens (including phenoxy) is 2. The van der Waals surface area contributed by atoms with Crippen molar-refractivity contribution in [1.82, 2.24) is 0 Å². The summed E-state index contributed by atoms with van der Waals surface area (Å²) in [7, 11) is 0. The van der Waals surface area contributed by atoms with E-state index in [-0.39, 0.29) is 6.10 Å². The van der Waals surface area contributed by atoms with Crippen molar-refractivity contribution in [3.05, 3.63) is 29.3 Å². The highest BCUT2D eigenvalue weighted by atomic mass is 16.5. The molecule has 0 aliphatic carbocycles. The van der Waals surface area contributed by atoms with Gasteiger partial charge in [-0.1, -0.05) is 6.07 Å². The molecule has 2 heterocycles. The molecule has 2 aliphatic rings. The molecular weight excluding hydrogens is 228 g/mol. The van der Waals surface area contributed by atoms with Crippen LogP contribution in [0.25, 0.3) is 0 Å². The molecule has 3 nitrogen and oxygen atoms in total. The monoisotopic (exact) mass is 248 g/mol. The van der Waals surface area contributed by atoms with Gasteiger partial charge in [0.2, 0.25) is 0 Å². The normalized spacial score (nSPS) is 25.1. The van der Waals surface area contributed by atoms with E-state index in [1.807, 2.05) is 12.1 Å². The summed E-state index contributed by atoms with van der Waals surface area (Å²) >= 11 is 0. The fraction of sp³-hybridized carbons (Fsp3) is 0.600. The first kappa shape index (κ1) is 12.0. The first-order valence-corrected chi connectivity index (χ1v) is 6.90. The molecule has 2 aliphatic heterocycles. The molecule has 1 fully saturated rings. The van der Waals surface area contributed by atoms with Gasteiger partial charge in [0.05, 0.1) is 12.7 Å². The number of benzene rings is 1. The molecule has 1 aromatic rings. The quantitative estimate of drug-likeness (QED) is 0.874. The van der Waals surface area contributed by atoms with E-state index >= 15 is 0 Å². The maximum absolute atomic E-state index is 10.4. The Hall–Kier alpha value is -1.06. The summed E-state index contributed by atoms with van der Waals surface area (Å²) in [5.74, 6) is 0.974. The molecule has 3 rings (SSSR count). The SMILES string of the molecule is OC(c1ccc2c(c1)CCCO2)C1CCCCO1. The van der Waals surface area contributed by atoms with Crippen molar-refractivity contribution in [1.29, 1.82) is 0 Å². The molecule has 1 N–H and O–H groups in total. The first-order valence-electron chi connectivity index (χ1n) is 6.90. The van der Waals surface area contributed by atoms with Gasteiger partial charge in [-0.3, -0.25) is 0 Å². The predicted molar refractivity (Wildman–Crippen MR) is 68.8 cm³/mol. The average molecular weight is 248 g/mol. The summed E-state index contributed by atoms with van der Waals surface area (Å²) in [6, 6.07) is 6.03. The van der Waals surface area contributed by atoms with E-state index in [4.69, 9.17) is 9.47 Å². The maximum atomic E-state index is 10.4. The number of hydrogen-bond donors (Lipinski definition) is 1. The van der Waals surface area contributed by atoms with Gasteiger partial charge in [0.15, 0.2) is 0 Å². The molecule has 0 saturated carbocycles. The van der Waals surface area contributed by atoms with Crippen molar-refractivity contribution < 1.29 is 14.6 Å². The van der Waals surface area contributed by atoms with Gasteiger partial charge in [-0.2, -0.15) is 0 Å². The molecular formula is C15H20O3. The lowest BCUT2D eigenvalue weighted by Gasteiger charge is -2.28. The zero-order chi connectivity index (χ0) is 12.4. The van der Waals surface area contributed by atoms with E-state index in [1.54, 1.807) is 0 Å². The second-order valence-corrected chi connectivity index (χ2v) is 5.17. The Bertz CT molecular complexity index is 410. The van der Waals surface area contributed by atoms with E-state index in [2.05, 4.69) is 6.07 Å². The van der Waals surface area contributed by atoms with Crippen LogP contribution < -0.4 is 4.74 Å². The van der Waals surface area contributed by atoms with Gasteiger partial charge in [-0.05, 0) is 55.4 Å². The minimum absolute atomic E-state index is 0.0405. The zero-order valence-corrected chi connectivity index (χ0v) is 10.6. The number of aliphatic hydroxyl groups excluding tert-OH is 1. The van der Waals surface area contributed by atoms with Crippen LogP contribution in [0.1, 0.15) is 42.9 Å². The highest BCUT2D eigenvalue weighted by Gasteiger charge is 2.25. The fourth-order valence-corrected chi connectivity index (χ4v) is 2.79. The van der Waals surface area contributed by atoms with Crippen molar-refractivity contribution >= 4 is 0 Å². The third-order valence-electron chi connectivity index (χ3n) is 3.84. The first-order chi connectivity index (χ1) is 8.84. The molecule has 2 unspecified atom stereocenters. The van der Waals surface area contributed by atoms with Gasteiger partial charge in [-0.25, -0.2) is 0 Å². The summed E-state index contributed by atoms with van der Waals surface area (Å²) in [5.41, 5.74) is 2.18. The number of aliphatic hydroxyl groups is 1. The van der Waals surface area contributed by atoms with Gasteiger partial charge in [0.25, 0.3) is 0 Å². The van der Waals surface area contributed by atoms with E-state index in [9.17, 15) is 5.11 Å². The highest BCUT2D eigenvalue weighted by molar-refractivity contribution is 5.39. The maximum Gasteiger partial charge on any atom is 0.122 e. The van der Waals surface area contributed by atoms with Crippen LogP contribution in [0.5, 0.6) is 5.75 Å². The van der Waals surface area contributed by atoms with Crippen LogP contribution in [-0.2, 0) is 11.2 Å². The van der Waals surface area contributed by atoms with Crippen molar-refractivity contribution in [2.24, 2.45) is 0 Å². The van der Waals surface area contributed by atoms with Crippen molar-refractivity contribution in [3.8, 4) is 5.75 Å². The molecule has 0 spiro atoms. The molecule has 0 bridgehead atoms. The molecule has 18 heavy (non-hydrogen) atoms. The Morgan fingerprint density at radius 2 is 2.11 bits per heavy atom. The lowest BCUT2D eigenvalue weighted by atomic mass is 9.95. The molecule has 1 aromatic carbocycles. The summed E-state index contributed by atoms with van der Waals surface area (Å²) in [6.07, 6.45) is 4.78. The smallest absolute Gasteiger partial charge is 0.122 e. The third kappa shape index (κ3) is 2.38. The Kier molecular flexibility index (Phi) is 3.52. The summed E-state index contributed by atoms with van der Waals surface area (Å²) in [4.78, 5) is 0. The highest BCUT2D eigenvalue weighted by Crippen LogP contribution is 2.31. The van der Waals surface area contributed by atoms with Crippen molar-refractivity contribution in [2.75, 3.05) is 13.2 Å². The van der Waals surface area contributed by atoms with Gasteiger partial charge < -0.3 is 14.6 Å². The van der Waals surface area contributed by atoms with Gasteiger partial charge >= 0.3 is 0 Å². The van der Waals surface area contributed by atoms with E-state index in [1.165, 1.54) is 5.56 Å². The van der Waals surface area contributed by atoms with Crippen LogP contribution in [0.15, 0.2) is 18.2 Å². The standard InChI is InChI=1S/C15H20O3/c16-15(14-5-1-2-8-18-14)12-6-7-13-11(10-12)4-3-9-17-13/h6-7,10,14-16H,1-5,8-9H2. The van der Waals surface area contributed by atoms with Gasteiger partial charge in [0, 0.05) is 6.61 Å². The Balaban J connectivity index is 1.78. The zero-order valence-electron chi connectivity index (χ0n) is 10.6. The van der Waals surface area contributed by atoms with Gasteiger partial charge in [-0.15, -0.1) is 0 Å². The topological polar surface area (TPSA) is 38.7 Å². The van der Waals surface area contributed by atoms with E-state index in [0.717, 1.165) is 56.6 Å². The lowest BCUT2D eigenvalue weighted by molar-refractivity contribution is -0.0633. The average Bonchev–Trinajstić information content (AvgIpc) is 2.47. The van der Waals surface area contributed by atoms with Crippen LogP contribution in [-0.4, -0.2) is 24.4 Å². The molecule has 98 valence electrons. The number of aryl methyl sites for hydroxylation is 1. The minimum atomic E-state index is -0.502. The van der Waals surface area contributed by atoms with Gasteiger partial charge in [0.1, 0.15) is 11.9 Å². The molecule has 2 atom stereocenters. The Morgan fingerprint density at radius 3 is 2.94 bits per heavy atom. The molecule has 0 radical (unpaired) electrons. The molecule has 3 heteroatoms. The third-order valence-corrected chi connectivity index (χ3v) is 3.84. The molecule has 1 saturated heterocycles. The van der Waals surface area contributed by atoms with E-state index in [0.29, 0.717) is 0 Å². The number of rotatable bonds is 2. The van der Waals surface area contributed by atoms with Crippen LogP contribution in [0.3, 0.4) is 0 Å². The van der Waals surface area contributed by atoms with Crippen LogP contribution >= 0.6 is 0 Å².